The third kappa shape index (κ3) is 3.43. The number of hydrogen-bond donors (Lipinski definition) is 2. The maximum atomic E-state index is 12.2. The lowest BCUT2D eigenvalue weighted by Crippen LogP contribution is -2.31. The number of hydrogen-bond acceptors (Lipinski definition) is 4. The van der Waals surface area contributed by atoms with Crippen LogP contribution in [0.4, 0.5) is 0 Å². The standard InChI is InChI=1S/C18H17BrN2O3/c1-11-7-13(9-15(19)18(11)24)16-5-6-17(23)21(20-16)10-12-3-2-4-14(22)8-12/h2-4,7-9,22,24H,5-6,10H2,1H3. The zero-order chi connectivity index (χ0) is 17.3. The van der Waals surface area contributed by atoms with Gasteiger partial charge in [-0.1, -0.05) is 12.1 Å². The molecule has 1 amide bonds. The quantitative estimate of drug-likeness (QED) is 0.841. The zero-order valence-electron chi connectivity index (χ0n) is 13.2. The van der Waals surface area contributed by atoms with Crippen molar-refractivity contribution in [3.8, 4) is 11.5 Å². The van der Waals surface area contributed by atoms with Gasteiger partial charge in [0.1, 0.15) is 11.5 Å². The second-order valence-corrected chi connectivity index (χ2v) is 6.65. The maximum absolute atomic E-state index is 12.2. The Morgan fingerprint density at radius 2 is 2.00 bits per heavy atom. The summed E-state index contributed by atoms with van der Waals surface area (Å²) in [7, 11) is 0. The number of rotatable bonds is 3. The molecule has 0 bridgehead atoms. The first kappa shape index (κ1) is 16.5. The van der Waals surface area contributed by atoms with Gasteiger partial charge in [0.25, 0.3) is 0 Å². The fourth-order valence-corrected chi connectivity index (χ4v) is 3.22. The van der Waals surface area contributed by atoms with Crippen LogP contribution >= 0.6 is 15.9 Å². The predicted octanol–water partition coefficient (Wildman–Crippen LogP) is 3.70. The van der Waals surface area contributed by atoms with E-state index in [1.165, 1.54) is 5.01 Å². The Hall–Kier alpha value is -2.34. The van der Waals surface area contributed by atoms with Gasteiger partial charge in [-0.25, -0.2) is 5.01 Å². The molecule has 2 N–H and O–H groups in total. The van der Waals surface area contributed by atoms with Crippen molar-refractivity contribution in [2.75, 3.05) is 0 Å². The monoisotopic (exact) mass is 388 g/mol. The molecule has 0 saturated heterocycles. The number of benzene rings is 2. The van der Waals surface area contributed by atoms with Crippen molar-refractivity contribution in [2.45, 2.75) is 26.3 Å². The van der Waals surface area contributed by atoms with E-state index in [4.69, 9.17) is 0 Å². The molecule has 0 atom stereocenters. The van der Waals surface area contributed by atoms with E-state index >= 15 is 0 Å². The fraction of sp³-hybridized carbons (Fsp3) is 0.222. The molecule has 2 aromatic rings. The van der Waals surface area contributed by atoms with E-state index in [0.717, 1.165) is 22.4 Å². The minimum Gasteiger partial charge on any atom is -0.508 e. The van der Waals surface area contributed by atoms with E-state index in [0.29, 0.717) is 23.9 Å². The Labute approximate surface area is 148 Å². The van der Waals surface area contributed by atoms with Crippen LogP contribution in [-0.2, 0) is 11.3 Å². The third-order valence-corrected chi connectivity index (χ3v) is 4.54. The molecule has 1 aliphatic heterocycles. The second-order valence-electron chi connectivity index (χ2n) is 5.79. The van der Waals surface area contributed by atoms with Crippen LogP contribution in [0.15, 0.2) is 46.0 Å². The van der Waals surface area contributed by atoms with Gasteiger partial charge in [0.2, 0.25) is 5.91 Å². The van der Waals surface area contributed by atoms with Gasteiger partial charge in [-0.3, -0.25) is 4.79 Å². The van der Waals surface area contributed by atoms with Gasteiger partial charge < -0.3 is 10.2 Å². The lowest BCUT2D eigenvalue weighted by molar-refractivity contribution is -0.132. The molecule has 2 aromatic carbocycles. The number of phenols is 2. The highest BCUT2D eigenvalue weighted by atomic mass is 79.9. The van der Waals surface area contributed by atoms with E-state index < -0.39 is 0 Å². The maximum Gasteiger partial charge on any atom is 0.243 e. The van der Waals surface area contributed by atoms with Crippen molar-refractivity contribution < 1.29 is 15.0 Å². The summed E-state index contributed by atoms with van der Waals surface area (Å²) in [4.78, 5) is 12.2. The Morgan fingerprint density at radius 3 is 2.71 bits per heavy atom. The summed E-state index contributed by atoms with van der Waals surface area (Å²) in [6.45, 7) is 2.14. The summed E-state index contributed by atoms with van der Waals surface area (Å²) in [6, 6.07) is 10.5. The van der Waals surface area contributed by atoms with Gasteiger partial charge in [-0.2, -0.15) is 5.10 Å². The molecule has 0 aliphatic carbocycles. The first-order chi connectivity index (χ1) is 11.4. The Balaban J connectivity index is 1.91. The molecule has 0 aromatic heterocycles. The van der Waals surface area contributed by atoms with Gasteiger partial charge in [0, 0.05) is 12.8 Å². The topological polar surface area (TPSA) is 73.1 Å². The van der Waals surface area contributed by atoms with Gasteiger partial charge in [0.05, 0.1) is 16.7 Å². The molecule has 0 radical (unpaired) electrons. The number of aromatic hydroxyl groups is 2. The highest BCUT2D eigenvalue weighted by molar-refractivity contribution is 9.10. The lowest BCUT2D eigenvalue weighted by Gasteiger charge is -2.24. The largest absolute Gasteiger partial charge is 0.508 e. The molecular formula is C18H17BrN2O3. The number of phenolic OH excluding ortho intramolecular Hbond substituents is 2. The Kier molecular flexibility index (Phi) is 4.57. The normalized spacial score (nSPS) is 14.7. The Morgan fingerprint density at radius 1 is 1.21 bits per heavy atom. The summed E-state index contributed by atoms with van der Waals surface area (Å²) in [6.07, 6.45) is 0.946. The smallest absolute Gasteiger partial charge is 0.243 e. The Bertz CT molecular complexity index is 810. The molecule has 0 saturated carbocycles. The lowest BCUT2D eigenvalue weighted by atomic mass is 10.0. The number of amides is 1. The minimum atomic E-state index is -0.0448. The van der Waals surface area contributed by atoms with Crippen LogP contribution in [0.5, 0.6) is 11.5 Å². The molecule has 0 spiro atoms. The van der Waals surface area contributed by atoms with E-state index in [1.54, 1.807) is 18.2 Å². The predicted molar refractivity (Wildman–Crippen MR) is 95.0 cm³/mol. The van der Waals surface area contributed by atoms with Crippen molar-refractivity contribution >= 4 is 27.5 Å². The molecule has 0 unspecified atom stereocenters. The van der Waals surface area contributed by atoms with E-state index in [-0.39, 0.29) is 17.4 Å². The SMILES string of the molecule is Cc1cc(C2=NN(Cc3cccc(O)c3)C(=O)CC2)cc(Br)c1O. The van der Waals surface area contributed by atoms with Crippen molar-refractivity contribution in [3.63, 3.8) is 0 Å². The van der Waals surface area contributed by atoms with Crippen LogP contribution in [0.2, 0.25) is 0 Å². The number of hydrazone groups is 1. The van der Waals surface area contributed by atoms with Crippen LogP contribution in [0.3, 0.4) is 0 Å². The first-order valence-electron chi connectivity index (χ1n) is 7.59. The first-order valence-corrected chi connectivity index (χ1v) is 8.38. The number of carbonyl (C=O) groups is 1. The molecule has 1 aliphatic rings. The van der Waals surface area contributed by atoms with Gasteiger partial charge in [-0.05, 0) is 63.8 Å². The minimum absolute atomic E-state index is 0.0448. The summed E-state index contributed by atoms with van der Waals surface area (Å²) < 4.78 is 0.608. The molecule has 6 heteroatoms. The van der Waals surface area contributed by atoms with Gasteiger partial charge in [0.15, 0.2) is 0 Å². The molecular weight excluding hydrogens is 372 g/mol. The summed E-state index contributed by atoms with van der Waals surface area (Å²) >= 11 is 3.34. The highest BCUT2D eigenvalue weighted by Gasteiger charge is 2.22. The van der Waals surface area contributed by atoms with Crippen molar-refractivity contribution in [1.82, 2.24) is 5.01 Å². The van der Waals surface area contributed by atoms with Crippen LogP contribution in [-0.4, -0.2) is 26.8 Å². The molecule has 0 fully saturated rings. The van der Waals surface area contributed by atoms with Crippen LogP contribution in [0.25, 0.3) is 0 Å². The number of carbonyl (C=O) groups excluding carboxylic acids is 1. The molecule has 5 nitrogen and oxygen atoms in total. The third-order valence-electron chi connectivity index (χ3n) is 3.94. The number of halogens is 1. The van der Waals surface area contributed by atoms with Crippen LogP contribution < -0.4 is 0 Å². The van der Waals surface area contributed by atoms with E-state index in [2.05, 4.69) is 21.0 Å². The van der Waals surface area contributed by atoms with E-state index in [9.17, 15) is 15.0 Å². The molecule has 124 valence electrons. The summed E-state index contributed by atoms with van der Waals surface area (Å²) in [5.41, 5.74) is 3.25. The second kappa shape index (κ2) is 6.65. The van der Waals surface area contributed by atoms with Gasteiger partial charge >= 0.3 is 0 Å². The number of aryl methyl sites for hydroxylation is 1. The fourth-order valence-electron chi connectivity index (χ4n) is 2.66. The molecule has 24 heavy (non-hydrogen) atoms. The summed E-state index contributed by atoms with van der Waals surface area (Å²) in [5, 5.41) is 25.3. The molecule has 1 heterocycles. The van der Waals surface area contributed by atoms with Crippen molar-refractivity contribution in [2.24, 2.45) is 5.10 Å². The zero-order valence-corrected chi connectivity index (χ0v) is 14.7. The average Bonchev–Trinajstić information content (AvgIpc) is 2.54. The average molecular weight is 389 g/mol. The van der Waals surface area contributed by atoms with Crippen LogP contribution in [0, 0.1) is 6.92 Å². The van der Waals surface area contributed by atoms with E-state index in [1.807, 2.05) is 25.1 Å². The highest BCUT2D eigenvalue weighted by Crippen LogP contribution is 2.30. The van der Waals surface area contributed by atoms with Crippen molar-refractivity contribution in [1.29, 1.82) is 0 Å². The summed E-state index contributed by atoms with van der Waals surface area (Å²) in [5.74, 6) is 0.332. The number of nitrogens with zero attached hydrogens (tertiary/aromatic N) is 2. The van der Waals surface area contributed by atoms with Gasteiger partial charge in [-0.15, -0.1) is 0 Å². The van der Waals surface area contributed by atoms with Crippen LogP contribution in [0.1, 0.15) is 29.5 Å². The molecule has 3 rings (SSSR count). The van der Waals surface area contributed by atoms with Crippen molar-refractivity contribution in [3.05, 3.63) is 57.6 Å².